The van der Waals surface area contributed by atoms with Gasteiger partial charge in [0.2, 0.25) is 0 Å². The van der Waals surface area contributed by atoms with Crippen molar-refractivity contribution in [1.82, 2.24) is 4.98 Å². The quantitative estimate of drug-likeness (QED) is 0.895. The van der Waals surface area contributed by atoms with Crippen molar-refractivity contribution in [2.24, 2.45) is 0 Å². The third-order valence-electron chi connectivity index (χ3n) is 2.42. The fraction of sp³-hybridized carbons (Fsp3) is 0.0769. The number of alkyl halides is 3. The summed E-state index contributed by atoms with van der Waals surface area (Å²) in [5.41, 5.74) is -0.337. The van der Waals surface area contributed by atoms with Crippen LogP contribution < -0.4 is 5.32 Å². The second-order valence-corrected chi connectivity index (χ2v) is 4.30. The Morgan fingerprint density at radius 1 is 1.25 bits per heavy atom. The smallest absolute Gasteiger partial charge is 0.353 e. The number of pyridine rings is 1. The lowest BCUT2D eigenvalue weighted by Gasteiger charge is -2.12. The highest BCUT2D eigenvalue weighted by Crippen LogP contribution is 2.34. The standard InChI is InChI=1S/C13H7ClF3N3/c14-9-4-8(13(15,16)17)5-10(6-9)20-11-2-1-3-19-12(11)7-18/h1-6,20H. The van der Waals surface area contributed by atoms with Crippen molar-refractivity contribution in [1.29, 1.82) is 5.26 Å². The number of nitrogens with zero attached hydrogens (tertiary/aromatic N) is 2. The lowest BCUT2D eigenvalue weighted by atomic mass is 10.2. The summed E-state index contributed by atoms with van der Waals surface area (Å²) in [7, 11) is 0. The van der Waals surface area contributed by atoms with Crippen molar-refractivity contribution in [2.45, 2.75) is 6.18 Å². The van der Waals surface area contributed by atoms with E-state index >= 15 is 0 Å². The van der Waals surface area contributed by atoms with E-state index in [0.29, 0.717) is 5.69 Å². The van der Waals surface area contributed by atoms with E-state index in [4.69, 9.17) is 16.9 Å². The molecule has 20 heavy (non-hydrogen) atoms. The van der Waals surface area contributed by atoms with E-state index in [0.717, 1.165) is 12.1 Å². The van der Waals surface area contributed by atoms with E-state index in [1.807, 2.05) is 6.07 Å². The van der Waals surface area contributed by atoms with Crippen molar-refractivity contribution in [3.8, 4) is 6.07 Å². The molecule has 102 valence electrons. The van der Waals surface area contributed by atoms with Crippen molar-refractivity contribution >= 4 is 23.0 Å². The normalized spacial score (nSPS) is 10.9. The number of benzene rings is 1. The topological polar surface area (TPSA) is 48.7 Å². The van der Waals surface area contributed by atoms with Gasteiger partial charge in [0, 0.05) is 16.9 Å². The summed E-state index contributed by atoms with van der Waals surface area (Å²) in [4.78, 5) is 3.81. The Bertz CT molecular complexity index is 677. The van der Waals surface area contributed by atoms with Gasteiger partial charge in [0.15, 0.2) is 5.69 Å². The molecule has 3 nitrogen and oxygen atoms in total. The molecule has 1 heterocycles. The van der Waals surface area contributed by atoms with Crippen LogP contribution in [0, 0.1) is 11.3 Å². The molecule has 0 fully saturated rings. The highest BCUT2D eigenvalue weighted by Gasteiger charge is 2.31. The summed E-state index contributed by atoms with van der Waals surface area (Å²) in [6.45, 7) is 0. The van der Waals surface area contributed by atoms with Crippen molar-refractivity contribution in [2.75, 3.05) is 5.32 Å². The highest BCUT2D eigenvalue weighted by atomic mass is 35.5. The average Bonchev–Trinajstić information content (AvgIpc) is 2.37. The van der Waals surface area contributed by atoms with Gasteiger partial charge in [0.25, 0.3) is 0 Å². The molecule has 0 aliphatic carbocycles. The van der Waals surface area contributed by atoms with Gasteiger partial charge in [-0.3, -0.25) is 0 Å². The summed E-state index contributed by atoms with van der Waals surface area (Å²) in [5, 5.41) is 11.5. The van der Waals surface area contributed by atoms with Gasteiger partial charge in [-0.1, -0.05) is 11.6 Å². The number of halogens is 4. The minimum absolute atomic E-state index is 0.0512. The largest absolute Gasteiger partial charge is 0.416 e. The molecule has 0 saturated carbocycles. The Morgan fingerprint density at radius 2 is 2.00 bits per heavy atom. The molecule has 7 heteroatoms. The van der Waals surface area contributed by atoms with Gasteiger partial charge in [-0.05, 0) is 30.3 Å². The predicted molar refractivity (Wildman–Crippen MR) is 68.7 cm³/mol. The number of nitriles is 1. The summed E-state index contributed by atoms with van der Waals surface area (Å²) in [5.74, 6) is 0. The van der Waals surface area contributed by atoms with E-state index in [2.05, 4.69) is 10.3 Å². The predicted octanol–water partition coefficient (Wildman–Crippen LogP) is 4.37. The maximum absolute atomic E-state index is 12.7. The zero-order valence-corrected chi connectivity index (χ0v) is 10.6. The molecule has 0 atom stereocenters. The average molecular weight is 298 g/mol. The first-order chi connectivity index (χ1) is 9.40. The molecule has 0 radical (unpaired) electrons. The molecule has 0 unspecified atom stereocenters. The van der Waals surface area contributed by atoms with E-state index < -0.39 is 11.7 Å². The molecular weight excluding hydrogens is 291 g/mol. The number of anilines is 2. The Morgan fingerprint density at radius 3 is 2.65 bits per heavy atom. The highest BCUT2D eigenvalue weighted by molar-refractivity contribution is 6.31. The third-order valence-corrected chi connectivity index (χ3v) is 2.64. The molecular formula is C13H7ClF3N3. The van der Waals surface area contributed by atoms with Gasteiger partial charge in [0.05, 0.1) is 11.3 Å². The van der Waals surface area contributed by atoms with E-state index in [-0.39, 0.29) is 16.4 Å². The monoisotopic (exact) mass is 297 g/mol. The Labute approximate surface area is 117 Å². The molecule has 2 aromatic rings. The van der Waals surface area contributed by atoms with Gasteiger partial charge in [0.1, 0.15) is 6.07 Å². The Hall–Kier alpha value is -2.26. The molecule has 2 rings (SSSR count). The van der Waals surface area contributed by atoms with Crippen LogP contribution in [0.25, 0.3) is 0 Å². The molecule has 1 aromatic heterocycles. The summed E-state index contributed by atoms with van der Waals surface area (Å²) < 4.78 is 38.0. The Balaban J connectivity index is 2.40. The molecule has 1 aromatic carbocycles. The fourth-order valence-electron chi connectivity index (χ4n) is 1.58. The molecule has 0 amide bonds. The van der Waals surface area contributed by atoms with Crippen LogP contribution in [-0.4, -0.2) is 4.98 Å². The van der Waals surface area contributed by atoms with Gasteiger partial charge < -0.3 is 5.32 Å². The lowest BCUT2D eigenvalue weighted by molar-refractivity contribution is -0.137. The summed E-state index contributed by atoms with van der Waals surface area (Å²) in [6.07, 6.45) is -3.07. The van der Waals surface area contributed by atoms with Gasteiger partial charge >= 0.3 is 6.18 Å². The maximum Gasteiger partial charge on any atom is 0.416 e. The molecule has 0 aliphatic rings. The van der Waals surface area contributed by atoms with Crippen LogP contribution in [0.3, 0.4) is 0 Å². The second kappa shape index (κ2) is 5.39. The maximum atomic E-state index is 12.7. The van der Waals surface area contributed by atoms with E-state index in [1.54, 1.807) is 12.1 Å². The summed E-state index contributed by atoms with van der Waals surface area (Å²) in [6, 6.07) is 8.05. The molecule has 0 bridgehead atoms. The van der Waals surface area contributed by atoms with Crippen LogP contribution in [-0.2, 0) is 6.18 Å². The minimum atomic E-state index is -4.49. The molecule has 0 saturated heterocycles. The zero-order valence-electron chi connectivity index (χ0n) is 9.87. The molecule has 0 aliphatic heterocycles. The number of rotatable bonds is 2. The second-order valence-electron chi connectivity index (χ2n) is 3.86. The van der Waals surface area contributed by atoms with E-state index in [9.17, 15) is 13.2 Å². The lowest BCUT2D eigenvalue weighted by Crippen LogP contribution is -2.06. The van der Waals surface area contributed by atoms with Crippen LogP contribution >= 0.6 is 11.6 Å². The Kier molecular flexibility index (Phi) is 3.81. The van der Waals surface area contributed by atoms with Crippen LogP contribution in [0.15, 0.2) is 36.5 Å². The fourth-order valence-corrected chi connectivity index (χ4v) is 1.81. The first-order valence-corrected chi connectivity index (χ1v) is 5.78. The zero-order chi connectivity index (χ0) is 14.8. The van der Waals surface area contributed by atoms with Gasteiger partial charge in [-0.15, -0.1) is 0 Å². The minimum Gasteiger partial charge on any atom is -0.353 e. The first-order valence-electron chi connectivity index (χ1n) is 5.40. The van der Waals surface area contributed by atoms with E-state index in [1.165, 1.54) is 12.3 Å². The van der Waals surface area contributed by atoms with Crippen LogP contribution in [0.5, 0.6) is 0 Å². The number of hydrogen-bond donors (Lipinski definition) is 1. The van der Waals surface area contributed by atoms with Crippen molar-refractivity contribution in [3.63, 3.8) is 0 Å². The third kappa shape index (κ3) is 3.19. The van der Waals surface area contributed by atoms with Crippen molar-refractivity contribution < 1.29 is 13.2 Å². The van der Waals surface area contributed by atoms with Crippen LogP contribution in [0.1, 0.15) is 11.3 Å². The van der Waals surface area contributed by atoms with Gasteiger partial charge in [-0.25, -0.2) is 4.98 Å². The summed E-state index contributed by atoms with van der Waals surface area (Å²) >= 11 is 5.68. The SMILES string of the molecule is N#Cc1ncccc1Nc1cc(Cl)cc(C(F)(F)F)c1. The molecule has 1 N–H and O–H groups in total. The van der Waals surface area contributed by atoms with Crippen LogP contribution in [0.2, 0.25) is 5.02 Å². The number of aromatic nitrogens is 1. The first kappa shape index (κ1) is 14.2. The van der Waals surface area contributed by atoms with Gasteiger partial charge in [-0.2, -0.15) is 18.4 Å². The number of nitrogens with one attached hydrogen (secondary N) is 1. The van der Waals surface area contributed by atoms with Crippen molar-refractivity contribution in [3.05, 3.63) is 52.8 Å². The molecule has 0 spiro atoms. The number of hydrogen-bond acceptors (Lipinski definition) is 3. The van der Waals surface area contributed by atoms with Crippen LogP contribution in [0.4, 0.5) is 24.5 Å².